The molecule has 2 N–H and O–H groups in total. The predicted octanol–water partition coefficient (Wildman–Crippen LogP) is 1.46. The van der Waals surface area contributed by atoms with Crippen LogP contribution in [-0.4, -0.2) is 51.3 Å². The Morgan fingerprint density at radius 1 is 1.55 bits per heavy atom. The fourth-order valence-corrected chi connectivity index (χ4v) is 3.19. The summed E-state index contributed by atoms with van der Waals surface area (Å²) in [5, 5.41) is 14.4. The molecule has 2 heterocycles. The first-order chi connectivity index (χ1) is 9.66. The Hall–Kier alpha value is -0.500. The smallest absolute Gasteiger partial charge is 0.221 e. The highest BCUT2D eigenvalue weighted by Gasteiger charge is 2.16. The molecule has 0 aromatic carbocycles. The highest BCUT2D eigenvalue weighted by atomic mass is 35.5. The molecule has 1 aliphatic heterocycles. The molecule has 0 bridgehead atoms. The summed E-state index contributed by atoms with van der Waals surface area (Å²) in [6.45, 7) is 6.52. The molecule has 1 atom stereocenters. The van der Waals surface area contributed by atoms with E-state index in [0.29, 0.717) is 24.9 Å². The molecular weight excluding hydrogens is 345 g/mol. The Bertz CT molecular complexity index is 438. The molecule has 22 heavy (non-hydrogen) atoms. The van der Waals surface area contributed by atoms with Gasteiger partial charge in [-0.05, 0) is 0 Å². The second kappa shape index (κ2) is 11.1. The van der Waals surface area contributed by atoms with Crippen LogP contribution in [-0.2, 0) is 11.3 Å². The van der Waals surface area contributed by atoms with Gasteiger partial charge in [0.1, 0.15) is 12.2 Å². The van der Waals surface area contributed by atoms with E-state index in [0.717, 1.165) is 30.4 Å². The minimum Gasteiger partial charge on any atom is -0.354 e. The molecule has 0 saturated carbocycles. The average Bonchev–Trinajstić information content (AvgIpc) is 2.88. The fraction of sp³-hybridized carbons (Fsp3) is 0.769. The lowest BCUT2D eigenvalue weighted by atomic mass is 10.2. The van der Waals surface area contributed by atoms with Crippen LogP contribution in [0.25, 0.3) is 0 Å². The number of carbonyl (C=O) groups excluding carboxylic acids is 1. The van der Waals surface area contributed by atoms with Crippen LogP contribution in [0.5, 0.6) is 0 Å². The quantitative estimate of drug-likeness (QED) is 0.793. The van der Waals surface area contributed by atoms with Crippen LogP contribution >= 0.6 is 36.6 Å². The molecule has 1 aromatic heterocycles. The first-order valence-electron chi connectivity index (χ1n) is 7.12. The summed E-state index contributed by atoms with van der Waals surface area (Å²) in [5.74, 6) is 3.59. The first kappa shape index (κ1) is 21.5. The van der Waals surface area contributed by atoms with Gasteiger partial charge in [-0.25, -0.2) is 0 Å². The Morgan fingerprint density at radius 2 is 2.32 bits per heavy atom. The van der Waals surface area contributed by atoms with Crippen LogP contribution < -0.4 is 10.6 Å². The van der Waals surface area contributed by atoms with Crippen molar-refractivity contribution in [2.75, 3.05) is 24.6 Å². The van der Waals surface area contributed by atoms with Crippen molar-refractivity contribution in [3.8, 4) is 0 Å². The summed E-state index contributed by atoms with van der Waals surface area (Å²) in [7, 11) is 0. The van der Waals surface area contributed by atoms with Gasteiger partial charge in [-0.15, -0.1) is 35.0 Å². The van der Waals surface area contributed by atoms with Gasteiger partial charge in [0, 0.05) is 49.5 Å². The van der Waals surface area contributed by atoms with Gasteiger partial charge in [0.2, 0.25) is 5.91 Å². The number of nitrogens with zero attached hydrogens (tertiary/aromatic N) is 3. The Morgan fingerprint density at radius 3 is 2.95 bits per heavy atom. The maximum Gasteiger partial charge on any atom is 0.221 e. The van der Waals surface area contributed by atoms with Crippen molar-refractivity contribution in [1.82, 2.24) is 25.4 Å². The van der Waals surface area contributed by atoms with Crippen molar-refractivity contribution < 1.29 is 4.79 Å². The van der Waals surface area contributed by atoms with E-state index in [1.54, 1.807) is 6.33 Å². The maximum absolute atomic E-state index is 11.9. The number of hydrogen-bond acceptors (Lipinski definition) is 5. The Balaban J connectivity index is 0.00000220. The molecule has 0 radical (unpaired) electrons. The van der Waals surface area contributed by atoms with Crippen molar-refractivity contribution in [3.05, 3.63) is 12.2 Å². The van der Waals surface area contributed by atoms with E-state index >= 15 is 0 Å². The van der Waals surface area contributed by atoms with Gasteiger partial charge in [0.05, 0.1) is 0 Å². The molecule has 1 aliphatic rings. The molecule has 2 rings (SSSR count). The standard InChI is InChI=1S/C13H23N5OS.2ClH/c1-10(2)13-17-16-9-18(13)5-3-15-12(19)7-11-8-20-6-4-14-11;;/h9-11,14H,3-8H2,1-2H3,(H,15,19);2*1H. The van der Waals surface area contributed by atoms with Crippen molar-refractivity contribution >= 4 is 42.5 Å². The largest absolute Gasteiger partial charge is 0.354 e. The van der Waals surface area contributed by atoms with E-state index in [9.17, 15) is 4.79 Å². The van der Waals surface area contributed by atoms with Crippen LogP contribution in [0.2, 0.25) is 0 Å². The molecule has 6 nitrogen and oxygen atoms in total. The molecule has 0 spiro atoms. The number of nitrogens with one attached hydrogen (secondary N) is 2. The zero-order chi connectivity index (χ0) is 14.4. The summed E-state index contributed by atoms with van der Waals surface area (Å²) >= 11 is 1.91. The second-order valence-electron chi connectivity index (χ2n) is 5.32. The van der Waals surface area contributed by atoms with E-state index in [2.05, 4.69) is 34.7 Å². The molecular formula is C13H25Cl2N5OS. The van der Waals surface area contributed by atoms with Crippen LogP contribution in [0.4, 0.5) is 0 Å². The van der Waals surface area contributed by atoms with Gasteiger partial charge in [-0.2, -0.15) is 11.8 Å². The minimum atomic E-state index is 0. The summed E-state index contributed by atoms with van der Waals surface area (Å²) in [4.78, 5) is 11.9. The highest BCUT2D eigenvalue weighted by molar-refractivity contribution is 7.99. The topological polar surface area (TPSA) is 71.8 Å². The van der Waals surface area contributed by atoms with Crippen LogP contribution in [0.15, 0.2) is 6.33 Å². The lowest BCUT2D eigenvalue weighted by Gasteiger charge is -2.22. The van der Waals surface area contributed by atoms with E-state index in [4.69, 9.17) is 0 Å². The van der Waals surface area contributed by atoms with E-state index < -0.39 is 0 Å². The molecule has 1 unspecified atom stereocenters. The van der Waals surface area contributed by atoms with Crippen molar-refractivity contribution in [2.45, 2.75) is 38.8 Å². The molecule has 9 heteroatoms. The van der Waals surface area contributed by atoms with E-state index in [1.807, 2.05) is 16.3 Å². The summed E-state index contributed by atoms with van der Waals surface area (Å²) in [6.07, 6.45) is 2.28. The van der Waals surface area contributed by atoms with Gasteiger partial charge in [-0.1, -0.05) is 13.8 Å². The molecule has 128 valence electrons. The molecule has 1 saturated heterocycles. The average molecular weight is 370 g/mol. The normalized spacial score (nSPS) is 17.5. The van der Waals surface area contributed by atoms with E-state index in [-0.39, 0.29) is 30.7 Å². The van der Waals surface area contributed by atoms with Gasteiger partial charge >= 0.3 is 0 Å². The second-order valence-corrected chi connectivity index (χ2v) is 6.47. The lowest BCUT2D eigenvalue weighted by Crippen LogP contribution is -2.41. The fourth-order valence-electron chi connectivity index (χ4n) is 2.25. The highest BCUT2D eigenvalue weighted by Crippen LogP contribution is 2.11. The van der Waals surface area contributed by atoms with Crippen molar-refractivity contribution in [1.29, 1.82) is 0 Å². The molecule has 0 aliphatic carbocycles. The van der Waals surface area contributed by atoms with Crippen molar-refractivity contribution in [2.24, 2.45) is 0 Å². The minimum absolute atomic E-state index is 0. The molecule has 1 fully saturated rings. The number of halogens is 2. The third-order valence-electron chi connectivity index (χ3n) is 3.27. The number of carbonyl (C=O) groups is 1. The number of rotatable bonds is 6. The third-order valence-corrected chi connectivity index (χ3v) is 4.40. The Labute approximate surface area is 148 Å². The van der Waals surface area contributed by atoms with Gasteiger partial charge < -0.3 is 15.2 Å². The maximum atomic E-state index is 11.9. The molecule has 1 aromatic rings. The summed E-state index contributed by atoms with van der Waals surface area (Å²) < 4.78 is 2.00. The van der Waals surface area contributed by atoms with Crippen LogP contribution in [0, 0.1) is 0 Å². The first-order valence-corrected chi connectivity index (χ1v) is 8.28. The summed E-state index contributed by atoms with van der Waals surface area (Å²) in [6, 6.07) is 0.315. The lowest BCUT2D eigenvalue weighted by molar-refractivity contribution is -0.121. The Kier molecular flexibility index (Phi) is 10.8. The summed E-state index contributed by atoms with van der Waals surface area (Å²) in [5.41, 5.74) is 0. The van der Waals surface area contributed by atoms with Crippen LogP contribution in [0.3, 0.4) is 0 Å². The van der Waals surface area contributed by atoms with Crippen LogP contribution in [0.1, 0.15) is 32.0 Å². The predicted molar refractivity (Wildman–Crippen MR) is 95.3 cm³/mol. The van der Waals surface area contributed by atoms with Gasteiger partial charge in [0.25, 0.3) is 0 Å². The monoisotopic (exact) mass is 369 g/mol. The van der Waals surface area contributed by atoms with Gasteiger partial charge in [0.15, 0.2) is 0 Å². The zero-order valence-electron chi connectivity index (χ0n) is 12.9. The molecule has 1 amide bonds. The van der Waals surface area contributed by atoms with Gasteiger partial charge in [-0.3, -0.25) is 4.79 Å². The SMILES string of the molecule is CC(C)c1nncn1CCNC(=O)CC1CSCCN1.Cl.Cl. The number of thioether (sulfide) groups is 1. The number of amides is 1. The number of hydrogen-bond donors (Lipinski definition) is 2. The zero-order valence-corrected chi connectivity index (χ0v) is 15.4. The van der Waals surface area contributed by atoms with Crippen molar-refractivity contribution in [3.63, 3.8) is 0 Å². The van der Waals surface area contributed by atoms with E-state index in [1.165, 1.54) is 0 Å². The third kappa shape index (κ3) is 6.73. The number of aromatic nitrogens is 3.